The molecule has 54 heavy (non-hydrogen) atoms. The average Bonchev–Trinajstić information content (AvgIpc) is 3.59. The Bertz CT molecular complexity index is 2800. The average molecular weight is 691 g/mol. The highest BCUT2D eigenvalue weighted by Crippen LogP contribution is 2.41. The van der Waals surface area contributed by atoms with Crippen LogP contribution in [0.1, 0.15) is 18.4 Å². The van der Waals surface area contributed by atoms with Gasteiger partial charge in [0.2, 0.25) is 0 Å². The summed E-state index contributed by atoms with van der Waals surface area (Å²) in [5.74, 6) is 0. The van der Waals surface area contributed by atoms with E-state index in [1.807, 2.05) is 0 Å². The fraction of sp³-hybridized carbons (Fsp3) is 0.0385. The monoisotopic (exact) mass is 690 g/mol. The van der Waals surface area contributed by atoms with Crippen LogP contribution in [0.3, 0.4) is 0 Å². The maximum absolute atomic E-state index is 2.42. The number of allylic oxidation sites excluding steroid dienone is 3. The summed E-state index contributed by atoms with van der Waals surface area (Å²) in [6.45, 7) is 0. The van der Waals surface area contributed by atoms with Crippen LogP contribution in [0.15, 0.2) is 212 Å². The van der Waals surface area contributed by atoms with Crippen molar-refractivity contribution < 1.29 is 0 Å². The van der Waals surface area contributed by atoms with E-state index in [2.05, 4.69) is 216 Å². The van der Waals surface area contributed by atoms with Gasteiger partial charge in [0.05, 0.1) is 16.7 Å². The lowest BCUT2D eigenvalue weighted by atomic mass is 9.90. The Kier molecular flexibility index (Phi) is 8.00. The molecular weight excluding hydrogens is 653 g/mol. The number of hydrogen-bond acceptors (Lipinski definition) is 1. The molecule has 0 fully saturated rings. The minimum absolute atomic E-state index is 0.994. The van der Waals surface area contributed by atoms with Gasteiger partial charge in [0.1, 0.15) is 0 Å². The largest absolute Gasteiger partial charge is 0.310 e. The van der Waals surface area contributed by atoms with Crippen LogP contribution in [0.4, 0.5) is 11.4 Å². The summed E-state index contributed by atoms with van der Waals surface area (Å²) in [7, 11) is 0. The lowest BCUT2D eigenvalue weighted by molar-refractivity contribution is 1.02. The third-order valence-electron chi connectivity index (χ3n) is 10.9. The molecule has 2 nitrogen and oxygen atoms in total. The molecule has 0 radical (unpaired) electrons. The molecule has 1 heterocycles. The minimum atomic E-state index is 0.994. The molecule has 0 N–H and O–H groups in total. The van der Waals surface area contributed by atoms with E-state index in [4.69, 9.17) is 0 Å². The number of anilines is 2. The highest BCUT2D eigenvalue weighted by molar-refractivity contribution is 6.09. The molecule has 0 saturated heterocycles. The van der Waals surface area contributed by atoms with Gasteiger partial charge in [0, 0.05) is 33.4 Å². The van der Waals surface area contributed by atoms with Crippen LogP contribution in [0, 0.1) is 0 Å². The summed E-state index contributed by atoms with van der Waals surface area (Å²) < 4.78 is 2.41. The minimum Gasteiger partial charge on any atom is -0.310 e. The third kappa shape index (κ3) is 5.52. The standard InChI is InChI=1S/C52H38N2/c1-2-17-41(18-3-1)53(50-26-11-7-21-46(50)45-24-14-16-39-15-4-5-19-43(39)45)42-35-33-38(34-36-42)37-29-31-40(32-30-37)44-20-6-10-25-49(44)54-51-27-12-8-22-47(51)48-23-9-13-28-52(48)54/h1-6,8-20,22-36H,7,21H2. The molecule has 9 aromatic rings. The van der Waals surface area contributed by atoms with Gasteiger partial charge in [-0.2, -0.15) is 0 Å². The summed E-state index contributed by atoms with van der Waals surface area (Å²) in [6.07, 6.45) is 6.66. The Morgan fingerprint density at radius 3 is 1.69 bits per heavy atom. The van der Waals surface area contributed by atoms with Crippen molar-refractivity contribution in [3.63, 3.8) is 0 Å². The van der Waals surface area contributed by atoms with Crippen molar-refractivity contribution in [3.8, 4) is 27.9 Å². The van der Waals surface area contributed by atoms with Gasteiger partial charge in [-0.3, -0.25) is 0 Å². The lowest BCUT2D eigenvalue weighted by Crippen LogP contribution is -2.18. The fourth-order valence-corrected chi connectivity index (χ4v) is 8.37. The first kappa shape index (κ1) is 31.8. The Hall–Kier alpha value is -6.90. The molecule has 0 unspecified atom stereocenters. The van der Waals surface area contributed by atoms with Crippen molar-refractivity contribution in [1.29, 1.82) is 0 Å². The Labute approximate surface area is 316 Å². The normalized spacial score (nSPS) is 12.9. The van der Waals surface area contributed by atoms with Crippen molar-refractivity contribution in [3.05, 3.63) is 218 Å². The molecule has 0 amide bonds. The number of para-hydroxylation sites is 4. The summed E-state index contributed by atoms with van der Waals surface area (Å²) >= 11 is 0. The van der Waals surface area contributed by atoms with Crippen molar-refractivity contribution in [2.24, 2.45) is 0 Å². The van der Waals surface area contributed by atoms with E-state index in [9.17, 15) is 0 Å². The van der Waals surface area contributed by atoms with Crippen LogP contribution in [0.5, 0.6) is 0 Å². The number of aromatic nitrogens is 1. The third-order valence-corrected chi connectivity index (χ3v) is 10.9. The van der Waals surface area contributed by atoms with Gasteiger partial charge < -0.3 is 9.47 Å². The van der Waals surface area contributed by atoms with Gasteiger partial charge in [-0.15, -0.1) is 0 Å². The molecule has 256 valence electrons. The first-order valence-corrected chi connectivity index (χ1v) is 18.8. The van der Waals surface area contributed by atoms with Crippen LogP contribution >= 0.6 is 0 Å². The van der Waals surface area contributed by atoms with Crippen LogP contribution in [0.2, 0.25) is 0 Å². The maximum atomic E-state index is 2.42. The highest BCUT2D eigenvalue weighted by Gasteiger charge is 2.21. The molecule has 1 aliphatic carbocycles. The number of benzene rings is 8. The van der Waals surface area contributed by atoms with Crippen LogP contribution in [-0.4, -0.2) is 4.57 Å². The zero-order chi connectivity index (χ0) is 35.8. The SMILES string of the molecule is C1=CC(N(c2ccccc2)c2ccc(-c3ccc(-c4ccccc4-n4c5ccccc5c5ccccc54)cc3)cc2)=C(c2cccc3ccccc23)CC1. The predicted octanol–water partition coefficient (Wildman–Crippen LogP) is 14.2. The van der Waals surface area contributed by atoms with E-state index in [0.29, 0.717) is 0 Å². The molecule has 0 aliphatic heterocycles. The molecule has 0 bridgehead atoms. The van der Waals surface area contributed by atoms with Crippen molar-refractivity contribution in [1.82, 2.24) is 4.57 Å². The van der Waals surface area contributed by atoms with Crippen LogP contribution < -0.4 is 4.90 Å². The van der Waals surface area contributed by atoms with Crippen molar-refractivity contribution >= 4 is 49.5 Å². The molecule has 2 heteroatoms. The van der Waals surface area contributed by atoms with E-state index in [-0.39, 0.29) is 0 Å². The molecular formula is C52H38N2. The van der Waals surface area contributed by atoms with Gasteiger partial charge in [0.25, 0.3) is 0 Å². The van der Waals surface area contributed by atoms with E-state index in [1.165, 1.54) is 77.4 Å². The zero-order valence-corrected chi connectivity index (χ0v) is 29.9. The molecule has 0 saturated carbocycles. The van der Waals surface area contributed by atoms with Gasteiger partial charge >= 0.3 is 0 Å². The van der Waals surface area contributed by atoms with Crippen LogP contribution in [-0.2, 0) is 0 Å². The molecule has 1 aromatic heterocycles. The second kappa shape index (κ2) is 13.6. The fourth-order valence-electron chi connectivity index (χ4n) is 8.37. The van der Waals surface area contributed by atoms with E-state index >= 15 is 0 Å². The number of fused-ring (bicyclic) bond motifs is 4. The van der Waals surface area contributed by atoms with Gasteiger partial charge in [0.15, 0.2) is 0 Å². The zero-order valence-electron chi connectivity index (χ0n) is 29.9. The smallest absolute Gasteiger partial charge is 0.0541 e. The van der Waals surface area contributed by atoms with E-state index < -0.39 is 0 Å². The number of rotatable bonds is 7. The maximum Gasteiger partial charge on any atom is 0.0541 e. The molecule has 8 aromatic carbocycles. The van der Waals surface area contributed by atoms with E-state index in [1.54, 1.807) is 0 Å². The first-order chi connectivity index (χ1) is 26.8. The molecule has 0 spiro atoms. The quantitative estimate of drug-likeness (QED) is 0.162. The van der Waals surface area contributed by atoms with Crippen LogP contribution in [0.25, 0.3) is 66.1 Å². The topological polar surface area (TPSA) is 8.17 Å². The summed E-state index contributed by atoms with van der Waals surface area (Å²) in [5.41, 5.74) is 14.6. The van der Waals surface area contributed by atoms with Crippen molar-refractivity contribution in [2.75, 3.05) is 4.90 Å². The summed E-state index contributed by atoms with van der Waals surface area (Å²) in [4.78, 5) is 2.42. The van der Waals surface area contributed by atoms with Gasteiger partial charge in [-0.05, 0) is 100.0 Å². The van der Waals surface area contributed by atoms with Gasteiger partial charge in [-0.1, -0.05) is 158 Å². The summed E-state index contributed by atoms with van der Waals surface area (Å²) in [6, 6.07) is 70.5. The Balaban J connectivity index is 1.02. The molecule has 1 aliphatic rings. The number of nitrogens with zero attached hydrogens (tertiary/aromatic N) is 2. The second-order valence-electron chi connectivity index (χ2n) is 14.0. The highest BCUT2D eigenvalue weighted by atomic mass is 15.1. The first-order valence-electron chi connectivity index (χ1n) is 18.8. The van der Waals surface area contributed by atoms with Gasteiger partial charge in [-0.25, -0.2) is 0 Å². The Morgan fingerprint density at radius 2 is 0.944 bits per heavy atom. The summed E-state index contributed by atoms with van der Waals surface area (Å²) in [5, 5.41) is 5.11. The predicted molar refractivity (Wildman–Crippen MR) is 229 cm³/mol. The van der Waals surface area contributed by atoms with E-state index in [0.717, 1.165) is 24.2 Å². The molecule has 0 atom stereocenters. The Morgan fingerprint density at radius 1 is 0.407 bits per heavy atom. The number of hydrogen-bond donors (Lipinski definition) is 0. The molecule has 10 rings (SSSR count). The second-order valence-corrected chi connectivity index (χ2v) is 14.0. The lowest BCUT2D eigenvalue weighted by Gasteiger charge is -2.31. The van der Waals surface area contributed by atoms with Crippen molar-refractivity contribution in [2.45, 2.75) is 12.8 Å².